The van der Waals surface area contributed by atoms with E-state index >= 15 is 0 Å². The van der Waals surface area contributed by atoms with Gasteiger partial charge in [-0.25, -0.2) is 4.79 Å². The molecule has 1 aromatic carbocycles. The molecule has 0 atom stereocenters. The number of methoxy groups -OCH3 is 1. The number of amides is 2. The van der Waals surface area contributed by atoms with E-state index in [1.54, 1.807) is 12.0 Å². The van der Waals surface area contributed by atoms with Crippen molar-refractivity contribution in [3.05, 3.63) is 36.0 Å². The molecule has 0 bridgehead atoms. The molecule has 20 heavy (non-hydrogen) atoms. The van der Waals surface area contributed by atoms with Gasteiger partial charge in [0.2, 0.25) is 0 Å². The molecule has 1 saturated heterocycles. The number of nitrogens with one attached hydrogen (secondary N) is 1. The van der Waals surface area contributed by atoms with Crippen LogP contribution < -0.4 is 15.0 Å². The number of carbonyl (C=O) groups is 1. The summed E-state index contributed by atoms with van der Waals surface area (Å²) in [6, 6.07) is 5.86. The van der Waals surface area contributed by atoms with Gasteiger partial charge in [-0.1, -0.05) is 33.4 Å². The van der Waals surface area contributed by atoms with Crippen LogP contribution >= 0.6 is 0 Å². The minimum atomic E-state index is -0.150. The predicted octanol–water partition coefficient (Wildman–Crippen LogP) is 3.43. The Bertz CT molecular complexity index is 544. The summed E-state index contributed by atoms with van der Waals surface area (Å²) in [5, 5.41) is 2.76. The molecule has 4 heteroatoms. The molecule has 108 valence electrons. The molecular formula is C16H22N2O2. The first kappa shape index (κ1) is 14.4. The smallest absolute Gasteiger partial charge is 0.326 e. The summed E-state index contributed by atoms with van der Waals surface area (Å²) in [5.74, 6) is 0.722. The van der Waals surface area contributed by atoms with Crippen molar-refractivity contribution in [2.24, 2.45) is 0 Å². The second kappa shape index (κ2) is 5.19. The van der Waals surface area contributed by atoms with E-state index in [0.717, 1.165) is 23.6 Å². The van der Waals surface area contributed by atoms with Gasteiger partial charge in [-0.15, -0.1) is 0 Å². The maximum absolute atomic E-state index is 12.1. The molecule has 0 saturated carbocycles. The van der Waals surface area contributed by atoms with Crippen molar-refractivity contribution in [2.75, 3.05) is 18.6 Å². The fourth-order valence-corrected chi connectivity index (χ4v) is 2.23. The van der Waals surface area contributed by atoms with Crippen molar-refractivity contribution < 1.29 is 9.53 Å². The third-order valence-corrected chi connectivity index (χ3v) is 3.50. The molecular weight excluding hydrogens is 252 g/mol. The molecule has 1 heterocycles. The lowest BCUT2D eigenvalue weighted by atomic mass is 9.87. The van der Waals surface area contributed by atoms with Crippen LogP contribution in [0.5, 0.6) is 5.75 Å². The van der Waals surface area contributed by atoms with Crippen LogP contribution in [0.1, 0.15) is 32.8 Å². The first-order valence-electron chi connectivity index (χ1n) is 6.78. The number of benzene rings is 1. The first-order valence-corrected chi connectivity index (χ1v) is 6.78. The Balaban J connectivity index is 2.37. The number of carbonyl (C=O) groups excluding carboxylic acids is 1. The second-order valence-electron chi connectivity index (χ2n) is 6.07. The molecule has 0 unspecified atom stereocenters. The minimum Gasteiger partial charge on any atom is -0.495 e. The van der Waals surface area contributed by atoms with Crippen LogP contribution in [0.25, 0.3) is 0 Å². The van der Waals surface area contributed by atoms with Gasteiger partial charge in [0.1, 0.15) is 5.75 Å². The zero-order valence-electron chi connectivity index (χ0n) is 12.6. The summed E-state index contributed by atoms with van der Waals surface area (Å²) >= 11 is 0. The highest BCUT2D eigenvalue weighted by molar-refractivity contribution is 5.95. The van der Waals surface area contributed by atoms with Crippen LogP contribution in [-0.4, -0.2) is 19.7 Å². The van der Waals surface area contributed by atoms with Gasteiger partial charge in [-0.2, -0.15) is 0 Å². The number of rotatable bonds is 2. The van der Waals surface area contributed by atoms with Gasteiger partial charge in [0.25, 0.3) is 0 Å². The highest BCUT2D eigenvalue weighted by Gasteiger charge is 2.25. The Morgan fingerprint density at radius 3 is 2.60 bits per heavy atom. The highest BCUT2D eigenvalue weighted by Crippen LogP contribution is 2.34. The molecule has 0 spiro atoms. The van der Waals surface area contributed by atoms with E-state index in [4.69, 9.17) is 4.74 Å². The summed E-state index contributed by atoms with van der Waals surface area (Å²) in [6.07, 6.45) is 0.746. The molecule has 0 aromatic heterocycles. The van der Waals surface area contributed by atoms with Gasteiger partial charge in [-0.3, -0.25) is 4.90 Å². The average Bonchev–Trinajstić information content (AvgIpc) is 2.37. The Hall–Kier alpha value is -1.97. The van der Waals surface area contributed by atoms with Crippen molar-refractivity contribution >= 4 is 11.7 Å². The molecule has 0 radical (unpaired) electrons. The molecule has 1 aliphatic rings. The van der Waals surface area contributed by atoms with E-state index < -0.39 is 0 Å². The van der Waals surface area contributed by atoms with Gasteiger partial charge in [0.15, 0.2) is 0 Å². The Labute approximate surface area is 120 Å². The van der Waals surface area contributed by atoms with E-state index in [1.165, 1.54) is 5.56 Å². The second-order valence-corrected chi connectivity index (χ2v) is 6.07. The quantitative estimate of drug-likeness (QED) is 0.897. The Morgan fingerprint density at radius 2 is 2.05 bits per heavy atom. The molecule has 1 fully saturated rings. The van der Waals surface area contributed by atoms with Gasteiger partial charge in [-0.05, 0) is 23.1 Å². The van der Waals surface area contributed by atoms with Gasteiger partial charge in [0, 0.05) is 18.7 Å². The van der Waals surface area contributed by atoms with Crippen LogP contribution in [0.15, 0.2) is 30.5 Å². The van der Waals surface area contributed by atoms with Crippen LogP contribution in [0.3, 0.4) is 0 Å². The highest BCUT2D eigenvalue weighted by atomic mass is 16.5. The lowest BCUT2D eigenvalue weighted by Crippen LogP contribution is -2.45. The zero-order chi connectivity index (χ0) is 14.9. The fourth-order valence-electron chi connectivity index (χ4n) is 2.23. The lowest BCUT2D eigenvalue weighted by molar-refractivity contribution is 0.246. The first-order chi connectivity index (χ1) is 9.32. The lowest BCUT2D eigenvalue weighted by Gasteiger charge is -2.30. The topological polar surface area (TPSA) is 41.6 Å². The van der Waals surface area contributed by atoms with Crippen LogP contribution in [-0.2, 0) is 5.41 Å². The van der Waals surface area contributed by atoms with Crippen molar-refractivity contribution in [3.8, 4) is 5.75 Å². The normalized spacial score (nSPS) is 16.1. The third-order valence-electron chi connectivity index (χ3n) is 3.50. The summed E-state index contributed by atoms with van der Waals surface area (Å²) in [6.45, 7) is 10.9. The maximum atomic E-state index is 12.1. The van der Waals surface area contributed by atoms with Gasteiger partial charge >= 0.3 is 6.03 Å². The van der Waals surface area contributed by atoms with Gasteiger partial charge in [0.05, 0.1) is 12.8 Å². The van der Waals surface area contributed by atoms with E-state index in [0.29, 0.717) is 6.54 Å². The summed E-state index contributed by atoms with van der Waals surface area (Å²) in [4.78, 5) is 13.7. The third kappa shape index (κ3) is 2.79. The van der Waals surface area contributed by atoms with Crippen molar-refractivity contribution in [1.82, 2.24) is 5.32 Å². The van der Waals surface area contributed by atoms with Crippen molar-refractivity contribution in [3.63, 3.8) is 0 Å². The molecule has 2 rings (SSSR count). The summed E-state index contributed by atoms with van der Waals surface area (Å²) in [5.41, 5.74) is 2.78. The van der Waals surface area contributed by atoms with Gasteiger partial charge < -0.3 is 10.1 Å². The van der Waals surface area contributed by atoms with E-state index in [9.17, 15) is 4.79 Å². The molecule has 1 aromatic rings. The predicted molar refractivity (Wildman–Crippen MR) is 81.3 cm³/mol. The van der Waals surface area contributed by atoms with Crippen LogP contribution in [0.2, 0.25) is 0 Å². The maximum Gasteiger partial charge on any atom is 0.326 e. The fraction of sp³-hybridized carbons (Fsp3) is 0.438. The monoisotopic (exact) mass is 274 g/mol. The Kier molecular flexibility index (Phi) is 3.75. The minimum absolute atomic E-state index is 0.0459. The molecule has 1 aliphatic heterocycles. The number of hydrogen-bond donors (Lipinski definition) is 1. The average molecular weight is 274 g/mol. The largest absolute Gasteiger partial charge is 0.495 e. The zero-order valence-corrected chi connectivity index (χ0v) is 12.6. The number of anilines is 1. The van der Waals surface area contributed by atoms with E-state index in [1.807, 2.05) is 12.1 Å². The molecule has 2 amide bonds. The number of urea groups is 1. The Morgan fingerprint density at radius 1 is 1.35 bits per heavy atom. The molecule has 4 nitrogen and oxygen atoms in total. The van der Waals surface area contributed by atoms with Crippen LogP contribution in [0.4, 0.5) is 10.5 Å². The SMILES string of the molecule is C=C1CCN(c2ccc(C(C)(C)C)cc2OC)C(=O)N1. The van der Waals surface area contributed by atoms with E-state index in [2.05, 4.69) is 38.7 Å². The summed E-state index contributed by atoms with van der Waals surface area (Å²) in [7, 11) is 1.63. The van der Waals surface area contributed by atoms with Crippen molar-refractivity contribution in [2.45, 2.75) is 32.6 Å². The van der Waals surface area contributed by atoms with Crippen molar-refractivity contribution in [1.29, 1.82) is 0 Å². The molecule has 1 N–H and O–H groups in total. The number of ether oxygens (including phenoxy) is 1. The standard InChI is InChI=1S/C16H22N2O2/c1-11-8-9-18(15(19)17-11)13-7-6-12(16(2,3)4)10-14(13)20-5/h6-7,10H,1,8-9H2,2-5H3,(H,17,19). The number of hydrogen-bond acceptors (Lipinski definition) is 2. The number of nitrogens with zero attached hydrogens (tertiary/aromatic N) is 1. The summed E-state index contributed by atoms with van der Waals surface area (Å²) < 4.78 is 5.47. The van der Waals surface area contributed by atoms with Crippen LogP contribution in [0, 0.1) is 0 Å². The van der Waals surface area contributed by atoms with E-state index in [-0.39, 0.29) is 11.4 Å². The molecule has 0 aliphatic carbocycles.